The summed E-state index contributed by atoms with van der Waals surface area (Å²) in [4.78, 5) is 12.4. The molecular weight excluding hydrogens is 258 g/mol. The van der Waals surface area contributed by atoms with Crippen LogP contribution >= 0.6 is 0 Å². The third-order valence-corrected chi connectivity index (χ3v) is 3.16. The zero-order valence-electron chi connectivity index (χ0n) is 12.4. The largest absolute Gasteiger partial charge is 0.489 e. The van der Waals surface area contributed by atoms with Gasteiger partial charge in [-0.05, 0) is 6.08 Å². The van der Waals surface area contributed by atoms with Crippen LogP contribution in [0.5, 0.6) is 0 Å². The van der Waals surface area contributed by atoms with Gasteiger partial charge in [0, 0.05) is 26.6 Å². The molecule has 0 aliphatic carbocycles. The predicted molar refractivity (Wildman–Crippen MR) is 78.6 cm³/mol. The third-order valence-electron chi connectivity index (χ3n) is 3.16. The zero-order valence-corrected chi connectivity index (χ0v) is 12.4. The van der Waals surface area contributed by atoms with Crippen LogP contribution in [0.3, 0.4) is 0 Å². The minimum atomic E-state index is -0.416. The van der Waals surface area contributed by atoms with Gasteiger partial charge in [0.15, 0.2) is 0 Å². The summed E-state index contributed by atoms with van der Waals surface area (Å²) in [6, 6.07) is 0.278. The number of nitrogens with zero attached hydrogens (tertiary/aromatic N) is 2. The molecule has 6 nitrogen and oxygen atoms in total. The number of rotatable bonds is 3. The average molecular weight is 281 g/mol. The molecule has 0 aromatic heterocycles. The Morgan fingerprint density at radius 1 is 1.60 bits per heavy atom. The second-order valence-electron chi connectivity index (χ2n) is 4.36. The molecule has 0 bridgehead atoms. The number of nitrogens with one attached hydrogen (secondary N) is 1. The van der Waals surface area contributed by atoms with E-state index in [4.69, 9.17) is 4.74 Å². The zero-order chi connectivity index (χ0) is 15.1. The number of allylic oxidation sites excluding steroid dienone is 3. The predicted octanol–water partition coefficient (Wildman–Crippen LogP) is 1.89. The van der Waals surface area contributed by atoms with Crippen LogP contribution in [0.2, 0.25) is 0 Å². The van der Waals surface area contributed by atoms with Crippen LogP contribution in [-0.4, -0.2) is 42.1 Å². The van der Waals surface area contributed by atoms with Crippen LogP contribution in [-0.2, 0) is 4.74 Å². The Labute approximate surface area is 119 Å². The third kappa shape index (κ3) is 3.60. The standard InChI is InChI=1S/C12H17N3O3.C2H6/c1-3-11-12(6-9(2)15(16)17)18-8-10-7-13-4-5-14(10)11;1-2/h3,6,10,13H,1,4-5,7-8H2,2H3;1-2H3/b9-6+;. The molecule has 1 N–H and O–H groups in total. The first-order valence-corrected chi connectivity index (χ1v) is 6.93. The van der Waals surface area contributed by atoms with Gasteiger partial charge in [0.2, 0.25) is 5.70 Å². The summed E-state index contributed by atoms with van der Waals surface area (Å²) < 4.78 is 5.62. The van der Waals surface area contributed by atoms with Gasteiger partial charge < -0.3 is 15.0 Å². The van der Waals surface area contributed by atoms with E-state index < -0.39 is 4.92 Å². The first kappa shape index (κ1) is 16.2. The SMILES string of the molecule is C=CC1=C(/C=C(\C)[N+](=O)[O-])OCC2CNCCN12.CC. The summed E-state index contributed by atoms with van der Waals surface area (Å²) in [7, 11) is 0. The molecule has 2 heterocycles. The van der Waals surface area contributed by atoms with Crippen molar-refractivity contribution in [3.8, 4) is 0 Å². The van der Waals surface area contributed by atoms with E-state index in [1.165, 1.54) is 13.0 Å². The van der Waals surface area contributed by atoms with Crippen molar-refractivity contribution in [2.75, 3.05) is 26.2 Å². The van der Waals surface area contributed by atoms with Crippen molar-refractivity contribution in [1.29, 1.82) is 0 Å². The second kappa shape index (κ2) is 7.69. The van der Waals surface area contributed by atoms with E-state index >= 15 is 0 Å². The minimum absolute atomic E-state index is 0.0675. The molecule has 1 fully saturated rings. The van der Waals surface area contributed by atoms with Gasteiger partial charge in [-0.25, -0.2) is 0 Å². The van der Waals surface area contributed by atoms with Gasteiger partial charge in [0.05, 0.1) is 22.7 Å². The lowest BCUT2D eigenvalue weighted by Crippen LogP contribution is -2.54. The number of nitro groups is 1. The van der Waals surface area contributed by atoms with Gasteiger partial charge in [0.25, 0.3) is 0 Å². The van der Waals surface area contributed by atoms with Gasteiger partial charge >= 0.3 is 0 Å². The number of ether oxygens (including phenoxy) is 1. The Hall–Kier alpha value is -1.82. The van der Waals surface area contributed by atoms with E-state index in [1.54, 1.807) is 6.08 Å². The van der Waals surface area contributed by atoms with Crippen LogP contribution in [0, 0.1) is 10.1 Å². The van der Waals surface area contributed by atoms with E-state index in [-0.39, 0.29) is 11.7 Å². The van der Waals surface area contributed by atoms with Crippen LogP contribution in [0.15, 0.2) is 35.9 Å². The van der Waals surface area contributed by atoms with E-state index in [0.29, 0.717) is 12.4 Å². The second-order valence-corrected chi connectivity index (χ2v) is 4.36. The summed E-state index contributed by atoms with van der Waals surface area (Å²) in [6.45, 7) is 12.4. The molecule has 1 saturated heterocycles. The molecule has 0 aromatic rings. The molecule has 0 radical (unpaired) electrons. The monoisotopic (exact) mass is 281 g/mol. The molecule has 1 atom stereocenters. The Balaban J connectivity index is 0.000000956. The molecule has 2 aliphatic heterocycles. The normalized spacial score (nSPS) is 22.2. The molecular formula is C14H23N3O3. The lowest BCUT2D eigenvalue weighted by atomic mass is 10.1. The molecule has 0 amide bonds. The van der Waals surface area contributed by atoms with Gasteiger partial charge in [0.1, 0.15) is 12.4 Å². The Bertz CT molecular complexity index is 429. The first-order valence-electron chi connectivity index (χ1n) is 6.93. The van der Waals surface area contributed by atoms with E-state index in [2.05, 4.69) is 16.8 Å². The van der Waals surface area contributed by atoms with Crippen molar-refractivity contribution in [2.45, 2.75) is 26.8 Å². The quantitative estimate of drug-likeness (QED) is 0.632. The molecule has 6 heteroatoms. The molecule has 0 saturated carbocycles. The van der Waals surface area contributed by atoms with Crippen LogP contribution in [0.1, 0.15) is 20.8 Å². The lowest BCUT2D eigenvalue weighted by molar-refractivity contribution is -0.424. The fraction of sp³-hybridized carbons (Fsp3) is 0.571. The fourth-order valence-corrected chi connectivity index (χ4v) is 2.20. The number of hydrogen-bond donors (Lipinski definition) is 1. The van der Waals surface area contributed by atoms with Gasteiger partial charge in [-0.15, -0.1) is 0 Å². The van der Waals surface area contributed by atoms with Crippen molar-refractivity contribution < 1.29 is 9.66 Å². The molecule has 0 aromatic carbocycles. The summed E-state index contributed by atoms with van der Waals surface area (Å²) in [5, 5.41) is 14.0. The molecule has 2 rings (SSSR count). The molecule has 0 spiro atoms. The summed E-state index contributed by atoms with van der Waals surface area (Å²) in [5.74, 6) is 0.539. The highest BCUT2D eigenvalue weighted by Crippen LogP contribution is 2.25. The molecule has 20 heavy (non-hydrogen) atoms. The molecule has 112 valence electrons. The summed E-state index contributed by atoms with van der Waals surface area (Å²) in [6.07, 6.45) is 3.17. The van der Waals surface area contributed by atoms with Crippen molar-refractivity contribution in [3.05, 3.63) is 46.0 Å². The van der Waals surface area contributed by atoms with E-state index in [0.717, 1.165) is 25.3 Å². The minimum Gasteiger partial charge on any atom is -0.489 e. The van der Waals surface area contributed by atoms with E-state index in [1.807, 2.05) is 13.8 Å². The van der Waals surface area contributed by atoms with Crippen LogP contribution in [0.4, 0.5) is 0 Å². The summed E-state index contributed by atoms with van der Waals surface area (Å²) >= 11 is 0. The van der Waals surface area contributed by atoms with Gasteiger partial charge in [-0.2, -0.15) is 0 Å². The van der Waals surface area contributed by atoms with Crippen molar-refractivity contribution in [2.24, 2.45) is 0 Å². The Morgan fingerprint density at radius 3 is 2.90 bits per heavy atom. The number of fused-ring (bicyclic) bond motifs is 1. The van der Waals surface area contributed by atoms with Crippen molar-refractivity contribution in [3.63, 3.8) is 0 Å². The molecule has 1 unspecified atom stereocenters. The summed E-state index contributed by atoms with van der Waals surface area (Å²) in [5.41, 5.74) is 0.909. The lowest BCUT2D eigenvalue weighted by Gasteiger charge is -2.42. The average Bonchev–Trinajstić information content (AvgIpc) is 2.49. The van der Waals surface area contributed by atoms with Gasteiger partial charge in [-0.3, -0.25) is 10.1 Å². The van der Waals surface area contributed by atoms with Crippen LogP contribution < -0.4 is 5.32 Å². The maximum absolute atomic E-state index is 10.7. The van der Waals surface area contributed by atoms with Crippen LogP contribution in [0.25, 0.3) is 0 Å². The van der Waals surface area contributed by atoms with Gasteiger partial charge in [-0.1, -0.05) is 20.4 Å². The number of hydrogen-bond acceptors (Lipinski definition) is 5. The highest BCUT2D eigenvalue weighted by Gasteiger charge is 2.30. The maximum atomic E-state index is 10.7. The van der Waals surface area contributed by atoms with Crippen molar-refractivity contribution >= 4 is 0 Å². The Morgan fingerprint density at radius 2 is 2.30 bits per heavy atom. The molecule has 2 aliphatic rings. The smallest absolute Gasteiger partial charge is 0.246 e. The van der Waals surface area contributed by atoms with E-state index in [9.17, 15) is 10.1 Å². The number of piperazine rings is 1. The first-order chi connectivity index (χ1) is 9.63. The van der Waals surface area contributed by atoms with Crippen molar-refractivity contribution in [1.82, 2.24) is 10.2 Å². The Kier molecular flexibility index (Phi) is 6.24. The highest BCUT2D eigenvalue weighted by molar-refractivity contribution is 5.30. The fourth-order valence-electron chi connectivity index (χ4n) is 2.20. The topological polar surface area (TPSA) is 67.6 Å². The highest BCUT2D eigenvalue weighted by atomic mass is 16.6. The maximum Gasteiger partial charge on any atom is 0.246 e.